The molecule has 2 rings (SSSR count). The molecule has 1 N–H and O–H groups in total. The van der Waals surface area contributed by atoms with Crippen LogP contribution in [-0.2, 0) is 0 Å². The SMILES string of the molecule is Cl.O=C(O)c1ncsc1-c1ccc(F)cc1. The minimum atomic E-state index is -1.07. The molecule has 0 aliphatic heterocycles. The zero-order valence-corrected chi connectivity index (χ0v) is 9.52. The van der Waals surface area contributed by atoms with Gasteiger partial charge in [-0.2, -0.15) is 0 Å². The third-order valence-electron chi connectivity index (χ3n) is 1.88. The van der Waals surface area contributed by atoms with E-state index in [2.05, 4.69) is 4.98 Å². The Morgan fingerprint density at radius 2 is 1.94 bits per heavy atom. The first-order valence-electron chi connectivity index (χ1n) is 4.11. The van der Waals surface area contributed by atoms with E-state index in [0.717, 1.165) is 0 Å². The lowest BCUT2D eigenvalue weighted by molar-refractivity contribution is 0.0692. The van der Waals surface area contributed by atoms with Crippen molar-refractivity contribution in [1.82, 2.24) is 4.98 Å². The van der Waals surface area contributed by atoms with Gasteiger partial charge in [0, 0.05) is 0 Å². The lowest BCUT2D eigenvalue weighted by Gasteiger charge is -1.98. The molecule has 2 aromatic rings. The van der Waals surface area contributed by atoms with Gasteiger partial charge in [-0.1, -0.05) is 12.1 Å². The van der Waals surface area contributed by atoms with Crippen LogP contribution in [0.3, 0.4) is 0 Å². The monoisotopic (exact) mass is 259 g/mol. The molecule has 6 heteroatoms. The zero-order chi connectivity index (χ0) is 10.8. The second-order valence-corrected chi connectivity index (χ2v) is 3.70. The van der Waals surface area contributed by atoms with E-state index in [4.69, 9.17) is 5.11 Å². The van der Waals surface area contributed by atoms with Crippen molar-refractivity contribution in [1.29, 1.82) is 0 Å². The molecule has 1 heterocycles. The maximum absolute atomic E-state index is 12.7. The van der Waals surface area contributed by atoms with Gasteiger partial charge < -0.3 is 5.11 Å². The summed E-state index contributed by atoms with van der Waals surface area (Å²) in [7, 11) is 0. The van der Waals surface area contributed by atoms with Crippen LogP contribution in [0.25, 0.3) is 10.4 Å². The normalized spacial score (nSPS) is 9.56. The minimum Gasteiger partial charge on any atom is -0.476 e. The van der Waals surface area contributed by atoms with E-state index in [1.807, 2.05) is 0 Å². The molecule has 1 aromatic carbocycles. The highest BCUT2D eigenvalue weighted by Crippen LogP contribution is 2.27. The van der Waals surface area contributed by atoms with Crippen LogP contribution in [0.2, 0.25) is 0 Å². The van der Waals surface area contributed by atoms with E-state index in [9.17, 15) is 9.18 Å². The van der Waals surface area contributed by atoms with Crippen LogP contribution in [0, 0.1) is 5.82 Å². The predicted molar refractivity (Wildman–Crippen MR) is 61.7 cm³/mol. The van der Waals surface area contributed by atoms with Crippen LogP contribution in [-0.4, -0.2) is 16.1 Å². The van der Waals surface area contributed by atoms with E-state index in [1.54, 1.807) is 0 Å². The number of thiazole rings is 1. The summed E-state index contributed by atoms with van der Waals surface area (Å²) in [5.41, 5.74) is 2.13. The highest BCUT2D eigenvalue weighted by molar-refractivity contribution is 7.13. The summed E-state index contributed by atoms with van der Waals surface area (Å²) in [5.74, 6) is -1.42. The molecule has 0 bridgehead atoms. The van der Waals surface area contributed by atoms with Gasteiger partial charge in [-0.15, -0.1) is 23.7 Å². The molecule has 0 aliphatic rings. The topological polar surface area (TPSA) is 50.2 Å². The summed E-state index contributed by atoms with van der Waals surface area (Å²) >= 11 is 1.22. The summed E-state index contributed by atoms with van der Waals surface area (Å²) in [6, 6.07) is 5.66. The Hall–Kier alpha value is -1.46. The van der Waals surface area contributed by atoms with Crippen LogP contribution in [0.5, 0.6) is 0 Å². The summed E-state index contributed by atoms with van der Waals surface area (Å²) in [4.78, 5) is 15.1. The number of aromatic carboxylic acids is 1. The fraction of sp³-hybridized carbons (Fsp3) is 0. The van der Waals surface area contributed by atoms with Crippen LogP contribution < -0.4 is 0 Å². The first-order chi connectivity index (χ1) is 7.18. The molecule has 1 aromatic heterocycles. The van der Waals surface area contributed by atoms with E-state index < -0.39 is 5.97 Å². The number of aromatic nitrogens is 1. The van der Waals surface area contributed by atoms with Gasteiger partial charge in [-0.05, 0) is 17.7 Å². The molecule has 0 unspecified atom stereocenters. The van der Waals surface area contributed by atoms with Crippen molar-refractivity contribution < 1.29 is 14.3 Å². The van der Waals surface area contributed by atoms with Crippen molar-refractivity contribution in [3.63, 3.8) is 0 Å². The Kier molecular flexibility index (Phi) is 3.98. The van der Waals surface area contributed by atoms with E-state index in [-0.39, 0.29) is 23.9 Å². The molecule has 0 spiro atoms. The Morgan fingerprint density at radius 1 is 1.31 bits per heavy atom. The zero-order valence-electron chi connectivity index (χ0n) is 7.88. The third kappa shape index (κ3) is 2.37. The Balaban J connectivity index is 0.00000128. The molecule has 0 aliphatic carbocycles. The maximum atomic E-state index is 12.7. The average molecular weight is 260 g/mol. The van der Waals surface area contributed by atoms with Gasteiger partial charge in [0.2, 0.25) is 0 Å². The highest BCUT2D eigenvalue weighted by Gasteiger charge is 2.14. The number of rotatable bonds is 2. The van der Waals surface area contributed by atoms with Crippen molar-refractivity contribution in [2.45, 2.75) is 0 Å². The lowest BCUT2D eigenvalue weighted by Crippen LogP contribution is -1.98. The minimum absolute atomic E-state index is 0. The molecular weight excluding hydrogens is 253 g/mol. The second-order valence-electron chi connectivity index (χ2n) is 2.84. The molecule has 0 amide bonds. The van der Waals surface area contributed by atoms with Crippen molar-refractivity contribution >= 4 is 29.7 Å². The molecule has 0 fully saturated rings. The van der Waals surface area contributed by atoms with Gasteiger partial charge in [-0.25, -0.2) is 14.2 Å². The first kappa shape index (κ1) is 12.6. The first-order valence-corrected chi connectivity index (χ1v) is 4.99. The molecule has 0 saturated carbocycles. The van der Waals surface area contributed by atoms with Crippen LogP contribution in [0.4, 0.5) is 4.39 Å². The van der Waals surface area contributed by atoms with Crippen molar-refractivity contribution in [3.8, 4) is 10.4 Å². The van der Waals surface area contributed by atoms with E-state index in [1.165, 1.54) is 41.1 Å². The van der Waals surface area contributed by atoms with Crippen molar-refractivity contribution in [2.24, 2.45) is 0 Å². The molecule has 84 valence electrons. The molecule has 0 atom stereocenters. The smallest absolute Gasteiger partial charge is 0.356 e. The van der Waals surface area contributed by atoms with Gasteiger partial charge in [0.05, 0.1) is 10.4 Å². The molecule has 0 radical (unpaired) electrons. The number of hydrogen-bond acceptors (Lipinski definition) is 3. The Morgan fingerprint density at radius 3 is 2.50 bits per heavy atom. The molecule has 16 heavy (non-hydrogen) atoms. The predicted octanol–water partition coefficient (Wildman–Crippen LogP) is 3.07. The molecule has 3 nitrogen and oxygen atoms in total. The van der Waals surface area contributed by atoms with E-state index >= 15 is 0 Å². The summed E-state index contributed by atoms with van der Waals surface area (Å²) in [5, 5.41) is 8.84. The Labute approximate surface area is 101 Å². The highest BCUT2D eigenvalue weighted by atomic mass is 35.5. The quantitative estimate of drug-likeness (QED) is 0.902. The number of carboxylic acids is 1. The number of hydrogen-bond donors (Lipinski definition) is 1. The van der Waals surface area contributed by atoms with Gasteiger partial charge in [0.15, 0.2) is 5.69 Å². The number of benzene rings is 1. The lowest BCUT2D eigenvalue weighted by atomic mass is 10.1. The number of carboxylic acid groups (broad SMARTS) is 1. The second kappa shape index (κ2) is 5.05. The summed E-state index contributed by atoms with van der Waals surface area (Å²) in [6.07, 6.45) is 0. The van der Waals surface area contributed by atoms with E-state index in [0.29, 0.717) is 10.4 Å². The fourth-order valence-electron chi connectivity index (χ4n) is 1.20. The van der Waals surface area contributed by atoms with Crippen molar-refractivity contribution in [2.75, 3.05) is 0 Å². The number of carbonyl (C=O) groups is 1. The standard InChI is InChI=1S/C10H6FNO2S.ClH/c11-7-3-1-6(2-4-7)9-8(10(13)14)12-5-15-9;/h1-5H,(H,13,14);1H. The van der Waals surface area contributed by atoms with Crippen LogP contribution in [0.1, 0.15) is 10.5 Å². The maximum Gasteiger partial charge on any atom is 0.356 e. The largest absolute Gasteiger partial charge is 0.476 e. The van der Waals surface area contributed by atoms with Gasteiger partial charge in [0.1, 0.15) is 5.82 Å². The van der Waals surface area contributed by atoms with Gasteiger partial charge in [0.25, 0.3) is 0 Å². The summed E-state index contributed by atoms with van der Waals surface area (Å²) in [6.45, 7) is 0. The molecular formula is C10H7ClFNO2S. The third-order valence-corrected chi connectivity index (χ3v) is 2.75. The van der Waals surface area contributed by atoms with Crippen molar-refractivity contribution in [3.05, 3.63) is 41.3 Å². The Bertz CT molecular complexity index is 498. The summed E-state index contributed by atoms with van der Waals surface area (Å²) < 4.78 is 12.7. The number of halogens is 2. The van der Waals surface area contributed by atoms with Crippen LogP contribution >= 0.6 is 23.7 Å². The molecule has 0 saturated heterocycles. The van der Waals surface area contributed by atoms with Crippen LogP contribution in [0.15, 0.2) is 29.8 Å². The van der Waals surface area contributed by atoms with Gasteiger partial charge in [-0.3, -0.25) is 0 Å². The average Bonchev–Trinajstić information content (AvgIpc) is 2.67. The number of nitrogens with zero attached hydrogens (tertiary/aromatic N) is 1. The van der Waals surface area contributed by atoms with Gasteiger partial charge >= 0.3 is 5.97 Å². The fourth-order valence-corrected chi connectivity index (χ4v) is 1.99.